The van der Waals surface area contributed by atoms with Gasteiger partial charge >= 0.3 is 6.03 Å². The summed E-state index contributed by atoms with van der Waals surface area (Å²) in [6, 6.07) is -0.0825. The Morgan fingerprint density at radius 1 is 1.41 bits per heavy atom. The van der Waals surface area contributed by atoms with Gasteiger partial charge in [0, 0.05) is 30.8 Å². The van der Waals surface area contributed by atoms with E-state index >= 15 is 0 Å². The van der Waals surface area contributed by atoms with E-state index in [9.17, 15) is 9.90 Å². The van der Waals surface area contributed by atoms with Crippen LogP contribution in [0.2, 0.25) is 0 Å². The van der Waals surface area contributed by atoms with Crippen molar-refractivity contribution in [2.75, 3.05) is 13.6 Å². The summed E-state index contributed by atoms with van der Waals surface area (Å²) in [4.78, 5) is 18.4. The molecule has 1 heterocycles. The Hall–Kier alpha value is -1.14. The van der Waals surface area contributed by atoms with Crippen LogP contribution in [0.5, 0.6) is 0 Å². The maximum atomic E-state index is 12.2. The molecular formula is C16H25N3O2S. The first kappa shape index (κ1) is 15.7. The number of carbonyl (C=O) groups excluding carboxylic acids is 1. The van der Waals surface area contributed by atoms with Gasteiger partial charge in [-0.15, -0.1) is 11.3 Å². The second kappa shape index (κ2) is 6.96. The van der Waals surface area contributed by atoms with E-state index in [0.29, 0.717) is 19.0 Å². The number of carbonyl (C=O) groups is 1. The minimum Gasteiger partial charge on any atom is -0.393 e. The molecule has 1 aromatic heterocycles. The molecule has 2 fully saturated rings. The third kappa shape index (κ3) is 3.98. The van der Waals surface area contributed by atoms with Crippen molar-refractivity contribution in [3.05, 3.63) is 16.1 Å². The zero-order valence-corrected chi connectivity index (χ0v) is 13.9. The molecule has 0 radical (unpaired) electrons. The normalized spacial score (nSPS) is 25.0. The Labute approximate surface area is 135 Å². The van der Waals surface area contributed by atoms with Gasteiger partial charge in [0.25, 0.3) is 0 Å². The highest BCUT2D eigenvalue weighted by molar-refractivity contribution is 7.09. The van der Waals surface area contributed by atoms with E-state index in [2.05, 4.69) is 15.7 Å². The number of aliphatic hydroxyl groups is 1. The number of hydrogen-bond acceptors (Lipinski definition) is 4. The first-order valence-corrected chi connectivity index (χ1v) is 9.13. The van der Waals surface area contributed by atoms with Gasteiger partial charge in [-0.2, -0.15) is 0 Å². The van der Waals surface area contributed by atoms with Crippen molar-refractivity contribution in [1.29, 1.82) is 0 Å². The molecule has 3 rings (SSSR count). The van der Waals surface area contributed by atoms with E-state index in [4.69, 9.17) is 0 Å². The number of nitrogens with one attached hydrogen (secondary N) is 1. The van der Waals surface area contributed by atoms with E-state index in [1.165, 1.54) is 18.5 Å². The second-order valence-corrected chi connectivity index (χ2v) is 7.53. The number of rotatable bonds is 5. The molecule has 6 heteroatoms. The van der Waals surface area contributed by atoms with Gasteiger partial charge in [-0.05, 0) is 25.7 Å². The molecule has 1 aromatic rings. The molecule has 0 bridgehead atoms. The molecule has 0 aliphatic heterocycles. The molecule has 122 valence electrons. The number of hydrogen-bond donors (Lipinski definition) is 2. The highest BCUT2D eigenvalue weighted by Gasteiger charge is 2.27. The van der Waals surface area contributed by atoms with Crippen molar-refractivity contribution in [1.82, 2.24) is 15.2 Å². The summed E-state index contributed by atoms with van der Waals surface area (Å²) in [5.74, 6) is 0.877. The number of amides is 2. The zero-order chi connectivity index (χ0) is 15.5. The number of nitrogens with zero attached hydrogens (tertiary/aromatic N) is 2. The van der Waals surface area contributed by atoms with Gasteiger partial charge in [0.15, 0.2) is 0 Å². The third-order valence-electron chi connectivity index (χ3n) is 4.68. The molecule has 0 spiro atoms. The maximum Gasteiger partial charge on any atom is 0.317 e. The van der Waals surface area contributed by atoms with Crippen molar-refractivity contribution >= 4 is 17.4 Å². The Morgan fingerprint density at radius 2 is 2.18 bits per heavy atom. The quantitative estimate of drug-likeness (QED) is 0.875. The minimum absolute atomic E-state index is 0.0825. The van der Waals surface area contributed by atoms with Gasteiger partial charge in [0.05, 0.1) is 18.3 Å². The van der Waals surface area contributed by atoms with Crippen LogP contribution in [0.15, 0.2) is 5.38 Å². The zero-order valence-electron chi connectivity index (χ0n) is 13.1. The molecule has 22 heavy (non-hydrogen) atoms. The fraction of sp³-hybridized carbons (Fsp3) is 0.750. The van der Waals surface area contributed by atoms with Crippen LogP contribution in [-0.4, -0.2) is 40.7 Å². The summed E-state index contributed by atoms with van der Waals surface area (Å²) in [7, 11) is 1.80. The van der Waals surface area contributed by atoms with Crippen molar-refractivity contribution in [2.24, 2.45) is 5.92 Å². The Balaban J connectivity index is 1.43. The average Bonchev–Trinajstić information content (AvgIpc) is 3.26. The standard InChI is InChI=1S/C16H25N3O2S/c1-19(9-12-4-2-3-5-14(12)20)16(21)17-8-15-18-13(10-22-15)11-6-7-11/h10-12,14,20H,2-9H2,1H3,(H,17,21). The first-order chi connectivity index (χ1) is 10.6. The average molecular weight is 323 g/mol. The van der Waals surface area contributed by atoms with Gasteiger partial charge in [-0.1, -0.05) is 12.8 Å². The maximum absolute atomic E-state index is 12.2. The molecule has 2 aliphatic carbocycles. The van der Waals surface area contributed by atoms with Crippen LogP contribution in [-0.2, 0) is 6.54 Å². The first-order valence-electron chi connectivity index (χ1n) is 8.25. The topological polar surface area (TPSA) is 65.5 Å². The highest BCUT2D eigenvalue weighted by Crippen LogP contribution is 2.40. The Morgan fingerprint density at radius 3 is 2.91 bits per heavy atom. The van der Waals surface area contributed by atoms with Crippen LogP contribution < -0.4 is 5.32 Å². The van der Waals surface area contributed by atoms with Gasteiger partial charge in [-0.3, -0.25) is 0 Å². The van der Waals surface area contributed by atoms with Crippen LogP contribution >= 0.6 is 11.3 Å². The summed E-state index contributed by atoms with van der Waals surface area (Å²) < 4.78 is 0. The SMILES string of the molecule is CN(CC1CCCCC1O)C(=O)NCc1nc(C2CC2)cs1. The fourth-order valence-electron chi connectivity index (χ4n) is 3.09. The Kier molecular flexibility index (Phi) is 4.98. The van der Waals surface area contributed by atoms with Crippen molar-refractivity contribution in [3.63, 3.8) is 0 Å². The van der Waals surface area contributed by atoms with Crippen LogP contribution in [0.4, 0.5) is 4.79 Å². The molecule has 2 atom stereocenters. The van der Waals surface area contributed by atoms with Crippen molar-refractivity contribution in [2.45, 2.75) is 57.1 Å². The molecule has 0 aromatic carbocycles. The van der Waals surface area contributed by atoms with E-state index in [1.807, 2.05) is 0 Å². The van der Waals surface area contributed by atoms with Crippen LogP contribution in [0.1, 0.15) is 55.1 Å². The van der Waals surface area contributed by atoms with Crippen LogP contribution in [0.3, 0.4) is 0 Å². The van der Waals surface area contributed by atoms with E-state index in [-0.39, 0.29) is 18.1 Å². The van der Waals surface area contributed by atoms with E-state index < -0.39 is 0 Å². The minimum atomic E-state index is -0.260. The van der Waals surface area contributed by atoms with Crippen molar-refractivity contribution < 1.29 is 9.90 Å². The number of urea groups is 1. The summed E-state index contributed by atoms with van der Waals surface area (Å²) in [5, 5.41) is 16.0. The molecule has 2 N–H and O–H groups in total. The molecule has 2 unspecified atom stereocenters. The molecule has 2 aliphatic rings. The van der Waals surface area contributed by atoms with Gasteiger partial charge in [0.1, 0.15) is 5.01 Å². The number of aliphatic hydroxyl groups excluding tert-OH is 1. The molecule has 2 saturated carbocycles. The van der Waals surface area contributed by atoms with Crippen LogP contribution in [0.25, 0.3) is 0 Å². The lowest BCUT2D eigenvalue weighted by molar-refractivity contribution is 0.0565. The predicted molar refractivity (Wildman–Crippen MR) is 86.9 cm³/mol. The lowest BCUT2D eigenvalue weighted by Gasteiger charge is -2.31. The number of aromatic nitrogens is 1. The molecule has 5 nitrogen and oxygen atoms in total. The van der Waals surface area contributed by atoms with E-state index in [1.54, 1.807) is 23.3 Å². The summed E-state index contributed by atoms with van der Waals surface area (Å²) in [5.41, 5.74) is 1.19. The highest BCUT2D eigenvalue weighted by atomic mass is 32.1. The predicted octanol–water partition coefficient (Wildman–Crippen LogP) is 2.71. The Bertz CT molecular complexity index is 515. The monoisotopic (exact) mass is 323 g/mol. The van der Waals surface area contributed by atoms with Gasteiger partial charge in [-0.25, -0.2) is 9.78 Å². The lowest BCUT2D eigenvalue weighted by atomic mass is 9.86. The van der Waals surface area contributed by atoms with Gasteiger partial charge < -0.3 is 15.3 Å². The molecular weight excluding hydrogens is 298 g/mol. The summed E-state index contributed by atoms with van der Waals surface area (Å²) in [6.07, 6.45) is 6.37. The number of thiazole rings is 1. The van der Waals surface area contributed by atoms with Crippen molar-refractivity contribution in [3.8, 4) is 0 Å². The smallest absolute Gasteiger partial charge is 0.317 e. The lowest BCUT2D eigenvalue weighted by Crippen LogP contribution is -2.42. The summed E-state index contributed by atoms with van der Waals surface area (Å²) >= 11 is 1.62. The third-order valence-corrected chi connectivity index (χ3v) is 5.55. The molecule has 2 amide bonds. The largest absolute Gasteiger partial charge is 0.393 e. The van der Waals surface area contributed by atoms with E-state index in [0.717, 1.165) is 30.7 Å². The second-order valence-electron chi connectivity index (χ2n) is 6.59. The fourth-order valence-corrected chi connectivity index (χ4v) is 3.91. The summed E-state index contributed by atoms with van der Waals surface area (Å²) in [6.45, 7) is 1.12. The van der Waals surface area contributed by atoms with Crippen LogP contribution in [0, 0.1) is 5.92 Å². The molecule has 0 saturated heterocycles. The van der Waals surface area contributed by atoms with Gasteiger partial charge in [0.2, 0.25) is 0 Å².